The highest BCUT2D eigenvalue weighted by molar-refractivity contribution is 5.80. The van der Waals surface area contributed by atoms with Crippen molar-refractivity contribution in [3.8, 4) is 11.1 Å². The van der Waals surface area contributed by atoms with Gasteiger partial charge in [-0.1, -0.05) is 55.5 Å². The van der Waals surface area contributed by atoms with Gasteiger partial charge in [-0.05, 0) is 42.5 Å². The van der Waals surface area contributed by atoms with Gasteiger partial charge in [0.2, 0.25) is 5.91 Å². The zero-order valence-corrected chi connectivity index (χ0v) is 18.7. The summed E-state index contributed by atoms with van der Waals surface area (Å²) in [6.45, 7) is 5.17. The van der Waals surface area contributed by atoms with Crippen LogP contribution in [0.25, 0.3) is 11.1 Å². The van der Waals surface area contributed by atoms with Crippen LogP contribution in [0, 0.1) is 5.41 Å². The Morgan fingerprint density at radius 3 is 2.12 bits per heavy atom. The van der Waals surface area contributed by atoms with Crippen molar-refractivity contribution in [3.63, 3.8) is 0 Å². The van der Waals surface area contributed by atoms with Crippen molar-refractivity contribution in [2.75, 3.05) is 13.2 Å². The molecule has 1 aliphatic carbocycles. The Morgan fingerprint density at radius 1 is 1.03 bits per heavy atom. The van der Waals surface area contributed by atoms with Crippen LogP contribution in [0.1, 0.15) is 50.7 Å². The fraction of sp³-hybridized carbons (Fsp3) is 0.400. The van der Waals surface area contributed by atoms with Gasteiger partial charge >= 0.3 is 12.1 Å². The molecule has 3 N–H and O–H groups in total. The highest BCUT2D eigenvalue weighted by atomic mass is 16.5. The maximum atomic E-state index is 12.4. The first-order valence-electron chi connectivity index (χ1n) is 10.8. The van der Waals surface area contributed by atoms with Gasteiger partial charge in [0, 0.05) is 24.9 Å². The molecule has 0 saturated carbocycles. The number of carboxylic acids is 1. The number of hydrogen-bond donors (Lipinski definition) is 3. The third-order valence-electron chi connectivity index (χ3n) is 5.90. The Kier molecular flexibility index (Phi) is 7.18. The van der Waals surface area contributed by atoms with Crippen LogP contribution in [0.2, 0.25) is 0 Å². The normalized spacial score (nSPS) is 13.6. The number of benzene rings is 2. The fourth-order valence-electron chi connectivity index (χ4n) is 3.80. The zero-order valence-electron chi connectivity index (χ0n) is 18.7. The smallest absolute Gasteiger partial charge is 0.407 e. The average Bonchev–Trinajstić information content (AvgIpc) is 3.09. The third kappa shape index (κ3) is 5.28. The lowest BCUT2D eigenvalue weighted by Crippen LogP contribution is -2.43. The minimum Gasteiger partial charge on any atom is -0.481 e. The molecule has 170 valence electrons. The van der Waals surface area contributed by atoms with Crippen LogP contribution < -0.4 is 10.6 Å². The molecule has 0 heterocycles. The summed E-state index contributed by atoms with van der Waals surface area (Å²) in [5.74, 6) is -1.33. The molecule has 7 nitrogen and oxygen atoms in total. The van der Waals surface area contributed by atoms with Crippen molar-refractivity contribution >= 4 is 18.0 Å². The van der Waals surface area contributed by atoms with Gasteiger partial charge in [-0.3, -0.25) is 9.59 Å². The van der Waals surface area contributed by atoms with E-state index in [4.69, 9.17) is 9.84 Å². The molecule has 0 saturated heterocycles. The third-order valence-corrected chi connectivity index (χ3v) is 5.90. The van der Waals surface area contributed by atoms with Crippen molar-refractivity contribution in [1.29, 1.82) is 0 Å². The van der Waals surface area contributed by atoms with Gasteiger partial charge in [-0.15, -0.1) is 0 Å². The van der Waals surface area contributed by atoms with E-state index in [1.165, 1.54) is 0 Å². The molecule has 2 aromatic rings. The summed E-state index contributed by atoms with van der Waals surface area (Å²) in [7, 11) is 0. The largest absolute Gasteiger partial charge is 0.481 e. The minimum absolute atomic E-state index is 0.0164. The predicted octanol–water partition coefficient (Wildman–Crippen LogP) is 3.92. The molecular weight excluding hydrogens is 408 g/mol. The molecule has 1 aliphatic rings. The van der Waals surface area contributed by atoms with Crippen LogP contribution in [0.3, 0.4) is 0 Å². The second kappa shape index (κ2) is 9.85. The van der Waals surface area contributed by atoms with Crippen LogP contribution in [0.4, 0.5) is 4.79 Å². The molecule has 0 fully saturated rings. The Morgan fingerprint density at radius 2 is 1.59 bits per heavy atom. The van der Waals surface area contributed by atoms with Gasteiger partial charge < -0.3 is 20.5 Å². The number of rotatable bonds is 9. The molecule has 7 heteroatoms. The second-order valence-corrected chi connectivity index (χ2v) is 8.74. The van der Waals surface area contributed by atoms with E-state index >= 15 is 0 Å². The van der Waals surface area contributed by atoms with E-state index in [9.17, 15) is 14.4 Å². The highest BCUT2D eigenvalue weighted by Gasteiger charge is 2.30. The Balaban J connectivity index is 1.54. The summed E-state index contributed by atoms with van der Waals surface area (Å²) in [5.41, 5.74) is 3.52. The van der Waals surface area contributed by atoms with Gasteiger partial charge in [-0.2, -0.15) is 0 Å². The molecule has 0 aliphatic heterocycles. The number of carbonyl (C=O) groups excluding carboxylic acids is 2. The van der Waals surface area contributed by atoms with Crippen LogP contribution in [-0.4, -0.2) is 42.3 Å². The number of hydrogen-bond acceptors (Lipinski definition) is 4. The van der Waals surface area contributed by atoms with E-state index in [-0.39, 0.29) is 31.4 Å². The molecule has 0 bridgehead atoms. The SMILES string of the molecule is CCC(CC(=O)NCC(C)(C)C(=O)O)NC(=O)OCC1c2ccccc2-c2ccccc21. The number of alkyl carbamates (subject to hydrolysis) is 1. The van der Waals surface area contributed by atoms with Gasteiger partial charge in [-0.25, -0.2) is 4.79 Å². The molecule has 1 atom stereocenters. The first-order chi connectivity index (χ1) is 15.2. The predicted molar refractivity (Wildman–Crippen MR) is 121 cm³/mol. The molecule has 3 rings (SSSR count). The summed E-state index contributed by atoms with van der Waals surface area (Å²) >= 11 is 0. The van der Waals surface area contributed by atoms with Crippen LogP contribution in [-0.2, 0) is 14.3 Å². The second-order valence-electron chi connectivity index (χ2n) is 8.74. The van der Waals surface area contributed by atoms with Crippen molar-refractivity contribution < 1.29 is 24.2 Å². The topological polar surface area (TPSA) is 105 Å². The number of ether oxygens (including phenoxy) is 1. The Hall–Kier alpha value is -3.35. The molecule has 0 aromatic heterocycles. The van der Waals surface area contributed by atoms with Gasteiger partial charge in [0.05, 0.1) is 5.41 Å². The first-order valence-corrected chi connectivity index (χ1v) is 10.8. The van der Waals surface area contributed by atoms with Crippen molar-refractivity contribution in [2.45, 2.75) is 45.6 Å². The van der Waals surface area contributed by atoms with Gasteiger partial charge in [0.25, 0.3) is 0 Å². The standard InChI is InChI=1S/C25H30N2O5/c1-4-16(13-22(28)26-15-25(2,3)23(29)30)27-24(31)32-14-21-19-11-7-5-9-17(19)18-10-6-8-12-20(18)21/h5-12,16,21H,4,13-15H2,1-3H3,(H,26,28)(H,27,31)(H,29,30). The monoisotopic (exact) mass is 438 g/mol. The molecule has 2 aromatic carbocycles. The molecule has 0 radical (unpaired) electrons. The molecule has 2 amide bonds. The number of amides is 2. The first kappa shape index (κ1) is 23.3. The maximum absolute atomic E-state index is 12.4. The summed E-state index contributed by atoms with van der Waals surface area (Å²) < 4.78 is 5.54. The number of carbonyl (C=O) groups is 3. The summed E-state index contributed by atoms with van der Waals surface area (Å²) in [6.07, 6.45) is 0.0217. The van der Waals surface area contributed by atoms with Gasteiger partial charge in [0.1, 0.15) is 6.61 Å². The van der Waals surface area contributed by atoms with Crippen LogP contribution >= 0.6 is 0 Å². The van der Waals surface area contributed by atoms with Crippen LogP contribution in [0.15, 0.2) is 48.5 Å². The van der Waals surface area contributed by atoms with Crippen LogP contribution in [0.5, 0.6) is 0 Å². The van der Waals surface area contributed by atoms with E-state index in [1.807, 2.05) is 31.2 Å². The molecule has 1 unspecified atom stereocenters. The Labute approximate surface area is 188 Å². The number of fused-ring (bicyclic) bond motifs is 3. The lowest BCUT2D eigenvalue weighted by atomic mass is 9.94. The maximum Gasteiger partial charge on any atom is 0.407 e. The minimum atomic E-state index is -1.06. The van der Waals surface area contributed by atoms with Crippen molar-refractivity contribution in [2.24, 2.45) is 5.41 Å². The molecular formula is C25H30N2O5. The molecule has 32 heavy (non-hydrogen) atoms. The van der Waals surface area contributed by atoms with E-state index in [1.54, 1.807) is 13.8 Å². The lowest BCUT2D eigenvalue weighted by Gasteiger charge is -2.21. The van der Waals surface area contributed by atoms with E-state index in [0.29, 0.717) is 6.42 Å². The zero-order chi connectivity index (χ0) is 23.3. The average molecular weight is 439 g/mol. The van der Waals surface area contributed by atoms with Gasteiger partial charge in [0.15, 0.2) is 0 Å². The number of aliphatic carboxylic acids is 1. The lowest BCUT2D eigenvalue weighted by molar-refractivity contribution is -0.146. The highest BCUT2D eigenvalue weighted by Crippen LogP contribution is 2.44. The van der Waals surface area contributed by atoms with E-state index < -0.39 is 23.5 Å². The summed E-state index contributed by atoms with van der Waals surface area (Å²) in [4.78, 5) is 35.8. The van der Waals surface area contributed by atoms with Crippen molar-refractivity contribution in [3.05, 3.63) is 59.7 Å². The summed E-state index contributed by atoms with van der Waals surface area (Å²) in [5, 5.41) is 14.5. The summed E-state index contributed by atoms with van der Waals surface area (Å²) in [6, 6.07) is 15.8. The van der Waals surface area contributed by atoms with E-state index in [0.717, 1.165) is 22.3 Å². The number of carboxylic acid groups (broad SMARTS) is 1. The fourth-order valence-corrected chi connectivity index (χ4v) is 3.80. The van der Waals surface area contributed by atoms with E-state index in [2.05, 4.69) is 34.9 Å². The van der Waals surface area contributed by atoms with Crippen molar-refractivity contribution in [1.82, 2.24) is 10.6 Å². The quantitative estimate of drug-likeness (QED) is 0.550. The Bertz CT molecular complexity index is 956. The molecule has 0 spiro atoms. The number of nitrogens with one attached hydrogen (secondary N) is 2.